The molecule has 10 atom stereocenters. The van der Waals surface area contributed by atoms with Crippen molar-refractivity contribution < 1.29 is 51.2 Å². The summed E-state index contributed by atoms with van der Waals surface area (Å²) in [6.07, 6.45) is -7.44. The fourth-order valence-corrected chi connectivity index (χ4v) is 7.64. The average Bonchev–Trinajstić information content (AvgIpc) is 3.70. The molecule has 7 rings (SSSR count). The summed E-state index contributed by atoms with van der Waals surface area (Å²) in [5.41, 5.74) is 12.3. The highest BCUT2D eigenvalue weighted by atomic mass is 31.2. The van der Waals surface area contributed by atoms with Gasteiger partial charge < -0.3 is 35.7 Å². The van der Waals surface area contributed by atoms with Gasteiger partial charge in [-0.05, 0) is 0 Å². The largest absolute Gasteiger partial charge is 0.473 e. The van der Waals surface area contributed by atoms with Crippen LogP contribution in [0.25, 0.3) is 22.3 Å². The monoisotopic (exact) mass is 644 g/mol. The predicted octanol–water partition coefficient (Wildman–Crippen LogP) is -0.242. The highest BCUT2D eigenvalue weighted by Gasteiger charge is 2.55. The van der Waals surface area contributed by atoms with Crippen LogP contribution in [0.15, 0.2) is 25.3 Å². The average molecular weight is 644 g/mol. The minimum absolute atomic E-state index is 0.0152. The SMILES string of the molecule is Nc1ncnc2c1ncn2C1C[C@@H]2OP(=O)(O)O[C@H]3[C@@H](F)[C@H](n4cnc5c(N)ncnc54)O[C@@H]3COP(=O)(O)O[C@@H]1[C@@H]2O. The van der Waals surface area contributed by atoms with Gasteiger partial charge >= 0.3 is 15.6 Å². The minimum atomic E-state index is -5.14. The summed E-state index contributed by atoms with van der Waals surface area (Å²) in [6, 6.07) is -1.03. The Morgan fingerprint density at radius 2 is 1.44 bits per heavy atom. The van der Waals surface area contributed by atoms with E-state index in [1.807, 2.05) is 0 Å². The first-order valence-corrected chi connectivity index (χ1v) is 15.6. The van der Waals surface area contributed by atoms with Crippen molar-refractivity contribution in [1.82, 2.24) is 39.0 Å². The van der Waals surface area contributed by atoms with Crippen LogP contribution >= 0.6 is 15.6 Å². The van der Waals surface area contributed by atoms with E-state index in [2.05, 4.69) is 29.9 Å². The summed E-state index contributed by atoms with van der Waals surface area (Å²) in [7, 11) is -10.2. The van der Waals surface area contributed by atoms with Crippen LogP contribution in [0.5, 0.6) is 0 Å². The number of imidazole rings is 2. The van der Waals surface area contributed by atoms with Crippen molar-refractivity contribution in [3.8, 4) is 0 Å². The zero-order valence-electron chi connectivity index (χ0n) is 21.5. The molecule has 0 aromatic carbocycles. The van der Waals surface area contributed by atoms with E-state index >= 15 is 4.39 Å². The van der Waals surface area contributed by atoms with Crippen LogP contribution in [-0.2, 0) is 32.0 Å². The van der Waals surface area contributed by atoms with Gasteiger partial charge in [-0.3, -0.25) is 22.7 Å². The van der Waals surface area contributed by atoms with Crippen molar-refractivity contribution in [3.63, 3.8) is 0 Å². The highest BCUT2D eigenvalue weighted by molar-refractivity contribution is 7.47. The Kier molecular flexibility index (Phi) is 6.74. The number of nitrogens with two attached hydrogens (primary N) is 2. The van der Waals surface area contributed by atoms with E-state index in [-0.39, 0.29) is 40.4 Å². The zero-order chi connectivity index (χ0) is 30.3. The number of fused-ring (bicyclic) bond motifs is 5. The number of aliphatic hydroxyl groups is 1. The number of alkyl halides is 1. The van der Waals surface area contributed by atoms with E-state index in [1.165, 1.54) is 17.2 Å². The molecule has 6 heterocycles. The Hall–Kier alpha value is -3.23. The molecule has 23 heteroatoms. The number of hydrogen-bond donors (Lipinski definition) is 5. The molecule has 3 fully saturated rings. The number of aliphatic hydroxyl groups excluding tert-OH is 1. The van der Waals surface area contributed by atoms with Crippen LogP contribution in [0.2, 0.25) is 0 Å². The topological polar surface area (TPSA) is 280 Å². The number of phosphoric ester groups is 2. The molecule has 1 aliphatic carbocycles. The lowest BCUT2D eigenvalue weighted by Crippen LogP contribution is -2.37. The van der Waals surface area contributed by atoms with E-state index in [0.29, 0.717) is 0 Å². The van der Waals surface area contributed by atoms with Crippen molar-refractivity contribution in [2.24, 2.45) is 0 Å². The lowest BCUT2D eigenvalue weighted by molar-refractivity contribution is -0.0663. The quantitative estimate of drug-likeness (QED) is 0.176. The molecule has 2 aliphatic heterocycles. The number of phosphoric acid groups is 2. The van der Waals surface area contributed by atoms with Gasteiger partial charge in [0.1, 0.15) is 54.2 Å². The Balaban J connectivity index is 1.21. The standard InChI is InChI=1S/C20H23FN10O10P2/c21-10-15-9(38-20(10)31-6-29-12-17(23)25-4-27-19(12)31)2-37-42(33,34)40-14-7(1-8(13(14)32)39-43(35,36)41-15)30-5-28-11-16(22)24-3-26-18(11)30/h3-10,13-15,20,32H,1-2H2,(H,33,34)(H,35,36)(H2,22,24,26)(H2,23,25,27)/t7?,8-,9+,10+,13+,14-,15+,20+/m0/s1. The molecule has 0 amide bonds. The number of aromatic nitrogens is 8. The van der Waals surface area contributed by atoms with Crippen molar-refractivity contribution in [1.29, 1.82) is 0 Å². The van der Waals surface area contributed by atoms with Gasteiger partial charge in [0, 0.05) is 6.42 Å². The normalized spacial score (nSPS) is 38.6. The van der Waals surface area contributed by atoms with Gasteiger partial charge in [0.25, 0.3) is 0 Å². The maximum absolute atomic E-state index is 15.9. The molecule has 4 aromatic rings. The van der Waals surface area contributed by atoms with E-state index in [1.54, 1.807) is 0 Å². The lowest BCUT2D eigenvalue weighted by atomic mass is 10.1. The molecule has 3 aliphatic rings. The van der Waals surface area contributed by atoms with Crippen LogP contribution in [-0.4, -0.2) is 97.2 Å². The van der Waals surface area contributed by atoms with Gasteiger partial charge in [0.15, 0.2) is 35.3 Å². The highest BCUT2D eigenvalue weighted by Crippen LogP contribution is 2.56. The van der Waals surface area contributed by atoms with Gasteiger partial charge in [-0.25, -0.2) is 43.4 Å². The van der Waals surface area contributed by atoms with Gasteiger partial charge in [-0.1, -0.05) is 0 Å². The number of hydrogen-bond acceptors (Lipinski definition) is 16. The molecule has 2 bridgehead atoms. The number of halogens is 1. The predicted molar refractivity (Wildman–Crippen MR) is 138 cm³/mol. The fourth-order valence-electron chi connectivity index (χ4n) is 5.51. The van der Waals surface area contributed by atoms with E-state index in [4.69, 9.17) is 34.3 Å². The van der Waals surface area contributed by atoms with Crippen LogP contribution < -0.4 is 11.5 Å². The van der Waals surface area contributed by atoms with Crippen LogP contribution in [0, 0.1) is 0 Å². The molecule has 230 valence electrons. The van der Waals surface area contributed by atoms with Crippen molar-refractivity contribution in [2.75, 3.05) is 18.1 Å². The van der Waals surface area contributed by atoms with Crippen molar-refractivity contribution >= 4 is 49.6 Å². The van der Waals surface area contributed by atoms with Crippen molar-refractivity contribution in [2.45, 2.75) is 55.4 Å². The number of anilines is 2. The Labute approximate surface area is 239 Å². The van der Waals surface area contributed by atoms with Gasteiger partial charge in [-0.2, -0.15) is 0 Å². The molecule has 7 N–H and O–H groups in total. The molecule has 2 saturated heterocycles. The molecule has 1 saturated carbocycles. The first-order chi connectivity index (χ1) is 20.4. The Morgan fingerprint density at radius 3 is 2.12 bits per heavy atom. The summed E-state index contributed by atoms with van der Waals surface area (Å²) in [4.78, 5) is 45.4. The second-order valence-electron chi connectivity index (χ2n) is 9.99. The van der Waals surface area contributed by atoms with Gasteiger partial charge in [0.05, 0.1) is 25.3 Å². The molecule has 43 heavy (non-hydrogen) atoms. The number of ether oxygens (including phenoxy) is 1. The summed E-state index contributed by atoms with van der Waals surface area (Å²) in [5.74, 6) is 0.0643. The smallest absolute Gasteiger partial charge is 0.388 e. The maximum Gasteiger partial charge on any atom is 0.473 e. The van der Waals surface area contributed by atoms with Crippen LogP contribution in [0.4, 0.5) is 16.0 Å². The maximum atomic E-state index is 15.9. The molecule has 0 spiro atoms. The van der Waals surface area contributed by atoms with E-state index < -0.39 is 71.2 Å². The van der Waals surface area contributed by atoms with E-state index in [9.17, 15) is 24.0 Å². The summed E-state index contributed by atoms with van der Waals surface area (Å²) < 4.78 is 71.5. The van der Waals surface area contributed by atoms with Crippen LogP contribution in [0.3, 0.4) is 0 Å². The molecule has 4 aromatic heterocycles. The van der Waals surface area contributed by atoms with E-state index in [0.717, 1.165) is 17.2 Å². The fraction of sp³-hybridized carbons (Fsp3) is 0.500. The molecule has 20 nitrogen and oxygen atoms in total. The summed E-state index contributed by atoms with van der Waals surface area (Å²) >= 11 is 0. The molecule has 0 radical (unpaired) electrons. The Morgan fingerprint density at radius 1 is 0.837 bits per heavy atom. The molecular weight excluding hydrogens is 621 g/mol. The molecule has 3 unspecified atom stereocenters. The third kappa shape index (κ3) is 4.87. The zero-order valence-corrected chi connectivity index (χ0v) is 23.3. The summed E-state index contributed by atoms with van der Waals surface area (Å²) in [5, 5.41) is 11.0. The first kappa shape index (κ1) is 28.5. The minimum Gasteiger partial charge on any atom is -0.388 e. The second kappa shape index (κ2) is 10.2. The van der Waals surface area contributed by atoms with Gasteiger partial charge in [-0.15, -0.1) is 0 Å². The third-order valence-corrected chi connectivity index (χ3v) is 9.46. The third-order valence-electron chi connectivity index (χ3n) is 7.42. The van der Waals surface area contributed by atoms with Gasteiger partial charge in [0.2, 0.25) is 0 Å². The number of rotatable bonds is 2. The molecular formula is C20H23FN10O10P2. The summed E-state index contributed by atoms with van der Waals surface area (Å²) in [6.45, 7) is -0.839. The Bertz CT molecular complexity index is 1810. The van der Waals surface area contributed by atoms with Crippen molar-refractivity contribution in [3.05, 3.63) is 25.3 Å². The van der Waals surface area contributed by atoms with Crippen LogP contribution in [0.1, 0.15) is 18.7 Å². The number of nitrogens with zero attached hydrogens (tertiary/aromatic N) is 8. The lowest BCUT2D eigenvalue weighted by Gasteiger charge is -2.28. The second-order valence-corrected chi connectivity index (χ2v) is 12.8. The first-order valence-electron chi connectivity index (χ1n) is 12.6. The number of nitrogen functional groups attached to an aromatic ring is 2.